The summed E-state index contributed by atoms with van der Waals surface area (Å²) in [4.78, 5) is 11.0. The van der Waals surface area contributed by atoms with E-state index in [2.05, 4.69) is 0 Å². The van der Waals surface area contributed by atoms with Crippen LogP contribution in [0.3, 0.4) is 0 Å². The smallest absolute Gasteiger partial charge is 0.338 e. The lowest BCUT2D eigenvalue weighted by molar-refractivity contribution is -0.143. The van der Waals surface area contributed by atoms with E-state index in [9.17, 15) is 4.79 Å². The van der Waals surface area contributed by atoms with Crippen LogP contribution in [0.25, 0.3) is 0 Å². The number of ether oxygens (including phenoxy) is 2. The highest BCUT2D eigenvalue weighted by atomic mass is 16.6. The van der Waals surface area contributed by atoms with Gasteiger partial charge in [0.2, 0.25) is 0 Å². The van der Waals surface area contributed by atoms with Gasteiger partial charge in [-0.1, -0.05) is 12.1 Å². The van der Waals surface area contributed by atoms with Gasteiger partial charge in [-0.3, -0.25) is 0 Å². The summed E-state index contributed by atoms with van der Waals surface area (Å²) in [6, 6.07) is 7.95. The lowest BCUT2D eigenvalue weighted by Crippen LogP contribution is -2.23. The first-order valence-corrected chi connectivity index (χ1v) is 6.65. The van der Waals surface area contributed by atoms with Gasteiger partial charge in [-0.2, -0.15) is 0 Å². The predicted molar refractivity (Wildman–Crippen MR) is 71.5 cm³/mol. The normalized spacial score (nSPS) is 21.4. The summed E-state index contributed by atoms with van der Waals surface area (Å²) >= 11 is 0. The van der Waals surface area contributed by atoms with Crippen LogP contribution in [0.4, 0.5) is 0 Å². The van der Waals surface area contributed by atoms with E-state index in [1.54, 1.807) is 0 Å². The van der Waals surface area contributed by atoms with E-state index in [-0.39, 0.29) is 6.10 Å². The van der Waals surface area contributed by atoms with E-state index in [1.807, 2.05) is 38.1 Å². The number of epoxide rings is 1. The zero-order chi connectivity index (χ0) is 13.9. The average Bonchev–Trinajstić information content (AvgIpc) is 3.10. The Morgan fingerprint density at radius 3 is 2.84 bits per heavy atom. The van der Waals surface area contributed by atoms with Gasteiger partial charge in [-0.15, -0.1) is 0 Å². The number of benzene rings is 1. The minimum Gasteiger partial charge on any atom is -0.491 e. The number of aryl methyl sites for hydroxylation is 1. The molecule has 104 valence electrons. The zero-order valence-corrected chi connectivity index (χ0v) is 11.4. The van der Waals surface area contributed by atoms with Crippen LogP contribution in [0.1, 0.15) is 32.3 Å². The minimum absolute atomic E-state index is 0.158. The highest BCUT2D eigenvalue weighted by Gasteiger charge is 2.51. The van der Waals surface area contributed by atoms with Crippen molar-refractivity contribution in [3.63, 3.8) is 0 Å². The second-order valence-electron chi connectivity index (χ2n) is 5.26. The SMILES string of the molecule is CC(C)Oc1cccc(CCCC2(C(=O)O)CO2)c1. The molecule has 1 saturated heterocycles. The summed E-state index contributed by atoms with van der Waals surface area (Å²) in [6.45, 7) is 4.33. The van der Waals surface area contributed by atoms with Crippen molar-refractivity contribution in [3.05, 3.63) is 29.8 Å². The quantitative estimate of drug-likeness (QED) is 0.769. The molecule has 0 radical (unpaired) electrons. The molecule has 0 aromatic heterocycles. The molecule has 2 rings (SSSR count). The fourth-order valence-corrected chi connectivity index (χ4v) is 2.09. The Morgan fingerprint density at radius 1 is 1.53 bits per heavy atom. The van der Waals surface area contributed by atoms with Gasteiger partial charge in [0.15, 0.2) is 5.60 Å². The van der Waals surface area contributed by atoms with Crippen molar-refractivity contribution in [2.75, 3.05) is 6.61 Å². The molecule has 0 amide bonds. The van der Waals surface area contributed by atoms with Gasteiger partial charge in [-0.25, -0.2) is 4.79 Å². The Labute approximate surface area is 113 Å². The van der Waals surface area contributed by atoms with E-state index < -0.39 is 11.6 Å². The number of carbonyl (C=O) groups is 1. The minimum atomic E-state index is -0.897. The van der Waals surface area contributed by atoms with Crippen molar-refractivity contribution in [1.29, 1.82) is 0 Å². The molecule has 1 unspecified atom stereocenters. The molecule has 1 aliphatic heterocycles. The third kappa shape index (κ3) is 3.70. The van der Waals surface area contributed by atoms with E-state index in [1.165, 1.54) is 5.56 Å². The third-order valence-corrected chi connectivity index (χ3v) is 3.20. The predicted octanol–water partition coefficient (Wildman–Crippen LogP) is 2.65. The second kappa shape index (κ2) is 5.61. The van der Waals surface area contributed by atoms with Gasteiger partial charge in [0, 0.05) is 0 Å². The van der Waals surface area contributed by atoms with Crippen molar-refractivity contribution in [1.82, 2.24) is 0 Å². The second-order valence-corrected chi connectivity index (χ2v) is 5.26. The Morgan fingerprint density at radius 2 is 2.26 bits per heavy atom. The van der Waals surface area contributed by atoms with Crippen LogP contribution in [0.15, 0.2) is 24.3 Å². The maximum absolute atomic E-state index is 11.0. The number of rotatable bonds is 7. The van der Waals surface area contributed by atoms with Crippen LogP contribution in [0.5, 0.6) is 5.75 Å². The summed E-state index contributed by atoms with van der Waals surface area (Å²) in [5.74, 6) is 0.0208. The first-order chi connectivity index (χ1) is 9.02. The van der Waals surface area contributed by atoms with Crippen LogP contribution < -0.4 is 4.74 Å². The van der Waals surface area contributed by atoms with E-state index in [0.29, 0.717) is 13.0 Å². The zero-order valence-electron chi connectivity index (χ0n) is 11.4. The van der Waals surface area contributed by atoms with Crippen LogP contribution in [0, 0.1) is 0 Å². The molecule has 0 spiro atoms. The van der Waals surface area contributed by atoms with Crippen LogP contribution in [0.2, 0.25) is 0 Å². The van der Waals surface area contributed by atoms with Crippen LogP contribution in [-0.4, -0.2) is 29.4 Å². The summed E-state index contributed by atoms with van der Waals surface area (Å²) < 4.78 is 10.7. The molecular formula is C15H20O4. The number of aliphatic carboxylic acids is 1. The highest BCUT2D eigenvalue weighted by molar-refractivity contribution is 5.80. The maximum Gasteiger partial charge on any atom is 0.338 e. The van der Waals surface area contributed by atoms with Gasteiger partial charge in [0.25, 0.3) is 0 Å². The van der Waals surface area contributed by atoms with Gasteiger partial charge in [0.05, 0.1) is 12.7 Å². The molecule has 1 aliphatic rings. The number of carboxylic acid groups (broad SMARTS) is 1. The average molecular weight is 264 g/mol. The van der Waals surface area contributed by atoms with Gasteiger partial charge in [-0.05, 0) is 50.8 Å². The molecule has 1 N–H and O–H groups in total. The lowest BCUT2D eigenvalue weighted by Gasteiger charge is -2.11. The lowest BCUT2D eigenvalue weighted by atomic mass is 10.0. The summed E-state index contributed by atoms with van der Waals surface area (Å²) in [6.07, 6.45) is 2.37. The molecule has 0 bridgehead atoms. The number of hydrogen-bond acceptors (Lipinski definition) is 3. The molecule has 1 aromatic carbocycles. The molecule has 1 fully saturated rings. The van der Waals surface area contributed by atoms with Gasteiger partial charge in [0.1, 0.15) is 5.75 Å². The van der Waals surface area contributed by atoms with Crippen molar-refractivity contribution >= 4 is 5.97 Å². The van der Waals surface area contributed by atoms with E-state index >= 15 is 0 Å². The van der Waals surface area contributed by atoms with Crippen molar-refractivity contribution < 1.29 is 19.4 Å². The molecule has 0 saturated carbocycles. The van der Waals surface area contributed by atoms with E-state index in [4.69, 9.17) is 14.6 Å². The highest BCUT2D eigenvalue weighted by Crippen LogP contribution is 2.33. The van der Waals surface area contributed by atoms with E-state index in [0.717, 1.165) is 18.6 Å². The topological polar surface area (TPSA) is 59.1 Å². The Balaban J connectivity index is 1.84. The maximum atomic E-state index is 11.0. The summed E-state index contributed by atoms with van der Waals surface area (Å²) in [5, 5.41) is 9.00. The monoisotopic (exact) mass is 264 g/mol. The summed E-state index contributed by atoms with van der Waals surface area (Å²) in [5.41, 5.74) is 0.269. The summed E-state index contributed by atoms with van der Waals surface area (Å²) in [7, 11) is 0. The first-order valence-electron chi connectivity index (χ1n) is 6.65. The number of carboxylic acids is 1. The van der Waals surface area contributed by atoms with Crippen LogP contribution >= 0.6 is 0 Å². The van der Waals surface area contributed by atoms with Crippen molar-refractivity contribution in [2.45, 2.75) is 44.8 Å². The Kier molecular flexibility index (Phi) is 4.10. The molecule has 4 nitrogen and oxygen atoms in total. The molecule has 19 heavy (non-hydrogen) atoms. The molecule has 1 heterocycles. The molecule has 0 aliphatic carbocycles. The van der Waals surface area contributed by atoms with Gasteiger partial charge < -0.3 is 14.6 Å². The number of hydrogen-bond donors (Lipinski definition) is 1. The third-order valence-electron chi connectivity index (χ3n) is 3.20. The fourth-order valence-electron chi connectivity index (χ4n) is 2.09. The fraction of sp³-hybridized carbons (Fsp3) is 0.533. The standard InChI is InChI=1S/C15H20O4/c1-11(2)19-13-7-3-5-12(9-13)6-4-8-15(10-18-15)14(16)17/h3,5,7,9,11H,4,6,8,10H2,1-2H3,(H,16,17). The van der Waals surface area contributed by atoms with Gasteiger partial charge >= 0.3 is 5.97 Å². The Bertz CT molecular complexity index is 449. The Hall–Kier alpha value is -1.55. The molecule has 4 heteroatoms. The molecular weight excluding hydrogens is 244 g/mol. The molecule has 1 atom stereocenters. The first kappa shape index (κ1) is 13.9. The molecule has 1 aromatic rings. The van der Waals surface area contributed by atoms with Crippen molar-refractivity contribution in [3.8, 4) is 5.75 Å². The largest absolute Gasteiger partial charge is 0.491 e. The van der Waals surface area contributed by atoms with Crippen LogP contribution in [-0.2, 0) is 16.0 Å². The van der Waals surface area contributed by atoms with Crippen molar-refractivity contribution in [2.24, 2.45) is 0 Å².